The number of rotatable bonds is 2. The van der Waals surface area contributed by atoms with Crippen LogP contribution in [0.3, 0.4) is 0 Å². The third-order valence-electron chi connectivity index (χ3n) is 2.31. The van der Waals surface area contributed by atoms with E-state index in [4.69, 9.17) is 0 Å². The fourth-order valence-corrected chi connectivity index (χ4v) is 2.08. The Morgan fingerprint density at radius 2 is 1.50 bits per heavy atom. The van der Waals surface area contributed by atoms with Gasteiger partial charge in [0.2, 0.25) is 0 Å². The fraction of sp³-hybridized carbons (Fsp3) is 0.667. The lowest BCUT2D eigenvalue weighted by molar-refractivity contribution is 0.283. The zero-order chi connectivity index (χ0) is 10.8. The lowest BCUT2D eigenvalue weighted by atomic mass is 9.73. The molecule has 0 bridgehead atoms. The lowest BCUT2D eigenvalue weighted by Gasteiger charge is -2.32. The Bertz CT molecular complexity index is 283. The van der Waals surface area contributed by atoms with Crippen molar-refractivity contribution in [3.05, 3.63) is 24.3 Å². The van der Waals surface area contributed by atoms with Gasteiger partial charge in [-0.2, -0.15) is 0 Å². The van der Waals surface area contributed by atoms with Crippen LogP contribution in [0.1, 0.15) is 46.6 Å². The molecule has 1 aromatic rings. The van der Waals surface area contributed by atoms with Crippen molar-refractivity contribution in [2.24, 2.45) is 5.41 Å². The Kier molecular flexibility index (Phi) is 2.93. The maximum Gasteiger partial charge on any atom is 0.115 e. The highest BCUT2D eigenvalue weighted by Gasteiger charge is 2.27. The van der Waals surface area contributed by atoms with Gasteiger partial charge in [0.05, 0.1) is 0 Å². The van der Waals surface area contributed by atoms with Crippen LogP contribution >= 0.6 is 0 Å². The predicted molar refractivity (Wildman–Crippen MR) is 59.1 cm³/mol. The molecule has 0 unspecified atom stereocenters. The second-order valence-corrected chi connectivity index (χ2v) is 5.75. The van der Waals surface area contributed by atoms with Gasteiger partial charge in [-0.15, -0.1) is 0 Å². The van der Waals surface area contributed by atoms with E-state index >= 15 is 0 Å². The Labute approximate surface area is 86.8 Å². The second-order valence-electron chi connectivity index (χ2n) is 5.75. The van der Waals surface area contributed by atoms with E-state index in [1.165, 1.54) is 5.56 Å². The number of nitrogens with zero attached hydrogens (tertiary/aromatic N) is 2. The van der Waals surface area contributed by atoms with Crippen molar-refractivity contribution >= 4 is 0 Å². The van der Waals surface area contributed by atoms with Gasteiger partial charge in [-0.05, 0) is 22.8 Å². The van der Waals surface area contributed by atoms with Crippen LogP contribution in [0.2, 0.25) is 0 Å². The van der Waals surface area contributed by atoms with Gasteiger partial charge in [0.25, 0.3) is 0 Å². The molecule has 1 rings (SSSR count). The summed E-state index contributed by atoms with van der Waals surface area (Å²) in [4.78, 5) is 8.14. The van der Waals surface area contributed by atoms with Crippen molar-refractivity contribution in [3.63, 3.8) is 0 Å². The zero-order valence-corrected chi connectivity index (χ0v) is 9.83. The molecular weight excluding hydrogens is 172 g/mol. The molecule has 0 aliphatic heterocycles. The highest BCUT2D eigenvalue weighted by atomic mass is 14.8. The van der Waals surface area contributed by atoms with Crippen molar-refractivity contribution in [2.45, 2.75) is 46.5 Å². The summed E-state index contributed by atoms with van der Waals surface area (Å²) in [7, 11) is 0. The molecule has 0 aromatic carbocycles. The number of hydrogen-bond acceptors (Lipinski definition) is 2. The maximum atomic E-state index is 4.07. The van der Waals surface area contributed by atoms with Crippen LogP contribution in [-0.4, -0.2) is 9.97 Å². The molecule has 0 radical (unpaired) electrons. The van der Waals surface area contributed by atoms with E-state index in [-0.39, 0.29) is 5.41 Å². The smallest absolute Gasteiger partial charge is 0.115 e. The van der Waals surface area contributed by atoms with Crippen LogP contribution in [0, 0.1) is 5.41 Å². The molecule has 0 amide bonds. The van der Waals surface area contributed by atoms with Crippen molar-refractivity contribution in [1.29, 1.82) is 0 Å². The van der Waals surface area contributed by atoms with Crippen LogP contribution in [0.25, 0.3) is 0 Å². The minimum absolute atomic E-state index is 0.152. The van der Waals surface area contributed by atoms with Crippen LogP contribution in [0.5, 0.6) is 0 Å². The third kappa shape index (κ3) is 3.09. The standard InChI is InChI=1S/C12H20N2/c1-11(2,3)8-12(4,5)10-6-13-9-14-7-10/h6-7,9H,8H2,1-5H3. The molecule has 0 atom stereocenters. The van der Waals surface area contributed by atoms with E-state index in [0.717, 1.165) is 6.42 Å². The van der Waals surface area contributed by atoms with Gasteiger partial charge in [-0.25, -0.2) is 9.97 Å². The summed E-state index contributed by atoms with van der Waals surface area (Å²) in [6.07, 6.45) is 6.54. The lowest BCUT2D eigenvalue weighted by Crippen LogP contribution is -2.25. The van der Waals surface area contributed by atoms with E-state index in [2.05, 4.69) is 44.6 Å². The first-order valence-electron chi connectivity index (χ1n) is 5.07. The molecule has 78 valence electrons. The molecule has 0 aliphatic carbocycles. The van der Waals surface area contributed by atoms with Crippen molar-refractivity contribution in [2.75, 3.05) is 0 Å². The molecule has 2 nitrogen and oxygen atoms in total. The average Bonchev–Trinajstić information content (AvgIpc) is 2.01. The van der Waals surface area contributed by atoms with Crippen molar-refractivity contribution < 1.29 is 0 Å². The highest BCUT2D eigenvalue weighted by Crippen LogP contribution is 2.35. The molecule has 0 spiro atoms. The molecule has 0 fully saturated rings. The predicted octanol–water partition coefficient (Wildman–Crippen LogP) is 3.19. The SMILES string of the molecule is CC(C)(C)CC(C)(C)c1cncnc1. The van der Waals surface area contributed by atoms with E-state index in [1.807, 2.05) is 12.4 Å². The molecule has 0 saturated heterocycles. The van der Waals surface area contributed by atoms with Crippen LogP contribution in [0.15, 0.2) is 18.7 Å². The monoisotopic (exact) mass is 192 g/mol. The van der Waals surface area contributed by atoms with E-state index in [0.29, 0.717) is 5.41 Å². The van der Waals surface area contributed by atoms with Gasteiger partial charge in [-0.3, -0.25) is 0 Å². The van der Waals surface area contributed by atoms with Crippen LogP contribution in [-0.2, 0) is 5.41 Å². The molecule has 14 heavy (non-hydrogen) atoms. The van der Waals surface area contributed by atoms with Gasteiger partial charge in [-0.1, -0.05) is 34.6 Å². The normalized spacial score (nSPS) is 12.9. The highest BCUT2D eigenvalue weighted by molar-refractivity contribution is 5.16. The minimum atomic E-state index is 0.152. The topological polar surface area (TPSA) is 25.8 Å². The van der Waals surface area contributed by atoms with E-state index < -0.39 is 0 Å². The summed E-state index contributed by atoms with van der Waals surface area (Å²) < 4.78 is 0. The molecular formula is C12H20N2. The summed E-state index contributed by atoms with van der Waals surface area (Å²) in [5, 5.41) is 0. The largest absolute Gasteiger partial charge is 0.245 e. The van der Waals surface area contributed by atoms with Crippen molar-refractivity contribution in [1.82, 2.24) is 9.97 Å². The van der Waals surface area contributed by atoms with Crippen molar-refractivity contribution in [3.8, 4) is 0 Å². The van der Waals surface area contributed by atoms with Gasteiger partial charge in [0.1, 0.15) is 6.33 Å². The van der Waals surface area contributed by atoms with Gasteiger partial charge < -0.3 is 0 Å². The molecule has 1 heterocycles. The molecule has 1 aromatic heterocycles. The summed E-state index contributed by atoms with van der Waals surface area (Å²) >= 11 is 0. The summed E-state index contributed by atoms with van der Waals surface area (Å²) in [5.74, 6) is 0. The van der Waals surface area contributed by atoms with Crippen LogP contribution < -0.4 is 0 Å². The maximum absolute atomic E-state index is 4.07. The Morgan fingerprint density at radius 1 is 1.00 bits per heavy atom. The molecule has 0 aliphatic rings. The first-order valence-corrected chi connectivity index (χ1v) is 5.07. The van der Waals surface area contributed by atoms with Gasteiger partial charge in [0, 0.05) is 12.4 Å². The Balaban J connectivity index is 2.86. The summed E-state index contributed by atoms with van der Waals surface area (Å²) in [6, 6.07) is 0. The van der Waals surface area contributed by atoms with Gasteiger partial charge >= 0.3 is 0 Å². The first kappa shape index (κ1) is 11.2. The Morgan fingerprint density at radius 3 is 1.93 bits per heavy atom. The van der Waals surface area contributed by atoms with E-state index in [1.54, 1.807) is 6.33 Å². The minimum Gasteiger partial charge on any atom is -0.245 e. The quantitative estimate of drug-likeness (QED) is 0.719. The first-order chi connectivity index (χ1) is 6.31. The fourth-order valence-electron chi connectivity index (χ4n) is 2.08. The second kappa shape index (κ2) is 3.68. The average molecular weight is 192 g/mol. The third-order valence-corrected chi connectivity index (χ3v) is 2.31. The summed E-state index contributed by atoms with van der Waals surface area (Å²) in [6.45, 7) is 11.3. The van der Waals surface area contributed by atoms with Crippen LogP contribution in [0.4, 0.5) is 0 Å². The number of aromatic nitrogens is 2. The summed E-state index contributed by atoms with van der Waals surface area (Å²) in [5.41, 5.74) is 1.70. The number of hydrogen-bond donors (Lipinski definition) is 0. The van der Waals surface area contributed by atoms with E-state index in [9.17, 15) is 0 Å². The van der Waals surface area contributed by atoms with Gasteiger partial charge in [0.15, 0.2) is 0 Å². The zero-order valence-electron chi connectivity index (χ0n) is 9.83. The Hall–Kier alpha value is -0.920. The molecule has 0 saturated carbocycles. The molecule has 2 heteroatoms. The molecule has 0 N–H and O–H groups in total.